The minimum absolute atomic E-state index is 0.0826. The van der Waals surface area contributed by atoms with Crippen LogP contribution in [0.4, 0.5) is 4.39 Å². The van der Waals surface area contributed by atoms with E-state index >= 15 is 0 Å². The molecule has 0 radical (unpaired) electrons. The summed E-state index contributed by atoms with van der Waals surface area (Å²) in [4.78, 5) is 31.0. The minimum Gasteiger partial charge on any atom is -0.493 e. The first-order valence-corrected chi connectivity index (χ1v) is 16.4. The summed E-state index contributed by atoms with van der Waals surface area (Å²) in [6, 6.07) is 20.6. The molecule has 0 fully saturated rings. The Balaban J connectivity index is 1.54. The SMILES string of the molecule is C=CCc1cc(C2C3=C(CC(C)(C)CC3=O)N(Cc3ccccc3)C3=C2C(=O)CC(C)(C)C3)cc(OC)c1OCc1cccc(F)c1. The summed E-state index contributed by atoms with van der Waals surface area (Å²) in [6.07, 6.45) is 4.57. The summed E-state index contributed by atoms with van der Waals surface area (Å²) in [5, 5.41) is 0. The zero-order chi connectivity index (χ0) is 33.5. The van der Waals surface area contributed by atoms with Crippen LogP contribution in [-0.2, 0) is 29.2 Å². The highest BCUT2D eigenvalue weighted by Gasteiger charge is 2.49. The van der Waals surface area contributed by atoms with E-state index in [0.29, 0.717) is 54.0 Å². The fraction of sp³-hybridized carbons (Fsp3) is 0.366. The number of hydrogen-bond donors (Lipinski definition) is 0. The van der Waals surface area contributed by atoms with Crippen molar-refractivity contribution in [1.82, 2.24) is 4.90 Å². The maximum atomic E-state index is 14.3. The Morgan fingerprint density at radius 3 is 2.04 bits per heavy atom. The van der Waals surface area contributed by atoms with E-state index in [1.54, 1.807) is 19.3 Å². The number of ether oxygens (including phenoxy) is 2. The second-order valence-electron chi connectivity index (χ2n) is 14.7. The third-order valence-corrected chi connectivity index (χ3v) is 9.55. The third-order valence-electron chi connectivity index (χ3n) is 9.55. The van der Waals surface area contributed by atoms with Gasteiger partial charge in [-0.05, 0) is 65.0 Å². The Morgan fingerprint density at radius 1 is 0.851 bits per heavy atom. The van der Waals surface area contributed by atoms with E-state index in [9.17, 15) is 14.0 Å². The van der Waals surface area contributed by atoms with Gasteiger partial charge in [-0.3, -0.25) is 9.59 Å². The number of methoxy groups -OCH3 is 1. The first-order chi connectivity index (χ1) is 22.4. The summed E-state index contributed by atoms with van der Waals surface area (Å²) in [7, 11) is 1.59. The molecule has 3 aromatic carbocycles. The van der Waals surface area contributed by atoms with Crippen molar-refractivity contribution in [3.05, 3.63) is 130 Å². The molecule has 2 aliphatic carbocycles. The fourth-order valence-corrected chi connectivity index (χ4v) is 7.59. The van der Waals surface area contributed by atoms with Gasteiger partial charge < -0.3 is 14.4 Å². The van der Waals surface area contributed by atoms with E-state index < -0.39 is 5.92 Å². The van der Waals surface area contributed by atoms with Gasteiger partial charge in [0.15, 0.2) is 23.1 Å². The van der Waals surface area contributed by atoms with Crippen molar-refractivity contribution in [2.75, 3.05) is 7.11 Å². The summed E-state index contributed by atoms with van der Waals surface area (Å²) in [6.45, 7) is 13.3. The molecule has 1 aliphatic heterocycles. The average molecular weight is 634 g/mol. The number of hydrogen-bond acceptors (Lipinski definition) is 5. The second-order valence-corrected chi connectivity index (χ2v) is 14.7. The molecule has 0 bridgehead atoms. The summed E-state index contributed by atoms with van der Waals surface area (Å²) >= 11 is 0. The van der Waals surface area contributed by atoms with Gasteiger partial charge in [0.2, 0.25) is 0 Å². The summed E-state index contributed by atoms with van der Waals surface area (Å²) in [5.41, 5.74) is 6.50. The lowest BCUT2D eigenvalue weighted by Gasteiger charge is -2.49. The quantitative estimate of drug-likeness (QED) is 0.220. The number of nitrogens with zero attached hydrogens (tertiary/aromatic N) is 1. The number of carbonyl (C=O) groups excluding carboxylic acids is 2. The van der Waals surface area contributed by atoms with Gasteiger partial charge in [-0.2, -0.15) is 0 Å². The van der Waals surface area contributed by atoms with Crippen LogP contribution in [0.2, 0.25) is 0 Å². The molecule has 0 amide bonds. The zero-order valence-corrected chi connectivity index (χ0v) is 28.1. The van der Waals surface area contributed by atoms with Crippen molar-refractivity contribution in [3.8, 4) is 11.5 Å². The lowest BCUT2D eigenvalue weighted by Crippen LogP contribution is -2.44. The van der Waals surface area contributed by atoms with Crippen LogP contribution in [0.3, 0.4) is 0 Å². The van der Waals surface area contributed by atoms with E-state index in [2.05, 4.69) is 51.3 Å². The average Bonchev–Trinajstić information content (AvgIpc) is 3.00. The third kappa shape index (κ3) is 6.56. The molecule has 0 unspecified atom stereocenters. The maximum absolute atomic E-state index is 14.3. The largest absolute Gasteiger partial charge is 0.493 e. The van der Waals surface area contributed by atoms with Crippen LogP contribution in [0.25, 0.3) is 0 Å². The molecular formula is C41H44FNO4. The molecule has 0 saturated carbocycles. The van der Waals surface area contributed by atoms with Crippen LogP contribution in [-0.4, -0.2) is 23.6 Å². The Kier molecular flexibility index (Phi) is 8.73. The lowest BCUT2D eigenvalue weighted by molar-refractivity contribution is -0.119. The van der Waals surface area contributed by atoms with Crippen molar-refractivity contribution < 1.29 is 23.5 Å². The number of benzene rings is 3. The van der Waals surface area contributed by atoms with Crippen LogP contribution in [0.5, 0.6) is 11.5 Å². The molecule has 244 valence electrons. The van der Waals surface area contributed by atoms with Crippen molar-refractivity contribution in [2.45, 2.75) is 78.9 Å². The predicted molar refractivity (Wildman–Crippen MR) is 182 cm³/mol. The van der Waals surface area contributed by atoms with Gasteiger partial charge in [-0.1, -0.05) is 82.3 Å². The number of ketones is 2. The van der Waals surface area contributed by atoms with Gasteiger partial charge in [-0.15, -0.1) is 6.58 Å². The van der Waals surface area contributed by atoms with E-state index in [1.165, 1.54) is 12.1 Å². The van der Waals surface area contributed by atoms with Gasteiger partial charge in [0.1, 0.15) is 12.4 Å². The highest BCUT2D eigenvalue weighted by atomic mass is 19.1. The fourth-order valence-electron chi connectivity index (χ4n) is 7.59. The molecule has 0 atom stereocenters. The van der Waals surface area contributed by atoms with Crippen LogP contribution < -0.4 is 9.47 Å². The van der Waals surface area contributed by atoms with E-state index in [0.717, 1.165) is 40.9 Å². The standard InChI is InChI=1S/C41H44FNO4/c1-7-12-28-18-29(19-35(46-6)39(28)47-25-27-15-11-16-30(42)17-27)36-37-31(20-40(2,3)22-33(37)44)43(24-26-13-9-8-10-14-26)32-21-41(4,5)23-34(45)38(32)36/h7-11,13-19,36H,1,12,20-25H2,2-6H3. The molecule has 0 aromatic heterocycles. The number of halogens is 1. The zero-order valence-electron chi connectivity index (χ0n) is 28.1. The molecule has 5 nitrogen and oxygen atoms in total. The Morgan fingerprint density at radius 2 is 1.47 bits per heavy atom. The Hall–Kier alpha value is -4.45. The molecule has 0 N–H and O–H groups in total. The van der Waals surface area contributed by atoms with Crippen molar-refractivity contribution >= 4 is 11.6 Å². The van der Waals surface area contributed by atoms with E-state index in [1.807, 2.05) is 36.4 Å². The molecule has 0 saturated heterocycles. The first-order valence-electron chi connectivity index (χ1n) is 16.4. The van der Waals surface area contributed by atoms with Crippen LogP contribution in [0, 0.1) is 16.6 Å². The lowest BCUT2D eigenvalue weighted by atomic mass is 9.63. The van der Waals surface area contributed by atoms with Gasteiger partial charge in [0, 0.05) is 53.4 Å². The molecule has 6 heteroatoms. The Labute approximate surface area is 277 Å². The monoisotopic (exact) mass is 633 g/mol. The van der Waals surface area contributed by atoms with Gasteiger partial charge in [-0.25, -0.2) is 4.39 Å². The van der Waals surface area contributed by atoms with Crippen LogP contribution >= 0.6 is 0 Å². The van der Waals surface area contributed by atoms with Crippen molar-refractivity contribution in [3.63, 3.8) is 0 Å². The Bertz CT molecular complexity index is 1750. The normalized spacial score (nSPS) is 19.0. The smallest absolute Gasteiger partial charge is 0.165 e. The van der Waals surface area contributed by atoms with E-state index in [-0.39, 0.29) is 34.8 Å². The van der Waals surface area contributed by atoms with Gasteiger partial charge in [0.05, 0.1) is 7.11 Å². The maximum Gasteiger partial charge on any atom is 0.165 e. The van der Waals surface area contributed by atoms with Crippen LogP contribution in [0.15, 0.2) is 102 Å². The molecule has 0 spiro atoms. The summed E-state index contributed by atoms with van der Waals surface area (Å²) in [5.74, 6) is 0.357. The number of Topliss-reactive ketones (excluding diaryl/α,β-unsaturated/α-hetero) is 2. The van der Waals surface area contributed by atoms with Crippen LogP contribution in [0.1, 0.15) is 81.5 Å². The summed E-state index contributed by atoms with van der Waals surface area (Å²) < 4.78 is 26.1. The number of allylic oxidation sites excluding steroid dienone is 5. The molecule has 6 rings (SSSR count). The van der Waals surface area contributed by atoms with Crippen molar-refractivity contribution in [2.24, 2.45) is 10.8 Å². The molecular weight excluding hydrogens is 589 g/mol. The number of carbonyl (C=O) groups is 2. The topological polar surface area (TPSA) is 55.8 Å². The molecule has 1 heterocycles. The first kappa shape index (κ1) is 32.5. The second kappa shape index (κ2) is 12.6. The highest BCUT2D eigenvalue weighted by Crippen LogP contribution is 2.55. The minimum atomic E-state index is -0.519. The predicted octanol–water partition coefficient (Wildman–Crippen LogP) is 9.03. The molecule has 3 aliphatic rings. The number of rotatable bonds is 9. The molecule has 47 heavy (non-hydrogen) atoms. The molecule has 3 aromatic rings. The van der Waals surface area contributed by atoms with Crippen molar-refractivity contribution in [1.29, 1.82) is 0 Å². The van der Waals surface area contributed by atoms with Gasteiger partial charge >= 0.3 is 0 Å². The highest BCUT2D eigenvalue weighted by molar-refractivity contribution is 6.06. The van der Waals surface area contributed by atoms with E-state index in [4.69, 9.17) is 9.47 Å². The van der Waals surface area contributed by atoms with Gasteiger partial charge in [0.25, 0.3) is 0 Å².